The Morgan fingerprint density at radius 1 is 0.403 bits per heavy atom. The molecule has 0 amide bonds. The molecule has 1 unspecified atom stereocenters. The van der Waals surface area contributed by atoms with Crippen molar-refractivity contribution in [3.8, 4) is 39.1 Å². The third-order valence-electron chi connectivity index (χ3n) is 15.1. The standard InChI is InChI=1S/C69H53N3/c1-69(2)64-25-15-16-26-67(64)72-66-44-43-60(70(56-35-27-52(28-36-56)48-17-7-3-8-18-48)57-37-29-53(30-38-57)49-19-9-4-10-20-49)45-62(66)63-46-61(47-65(69)68(63)72)71(58-39-31-54(32-40-58)50-21-11-5-12-22-50)59-41-33-55(34-42-59)51-23-13-6-14-24-51/h3-41,43-47,59H,42H2,1-2H3. The number of hydrogen-bond donors (Lipinski definition) is 0. The lowest BCUT2D eigenvalue weighted by molar-refractivity contribution is 0.629. The number of allylic oxidation sites excluding steroid dienone is 2. The van der Waals surface area contributed by atoms with Crippen LogP contribution in [0.1, 0.15) is 37.0 Å². The quantitative estimate of drug-likeness (QED) is 0.135. The second-order valence-corrected chi connectivity index (χ2v) is 19.7. The average molecular weight is 924 g/mol. The number of aromatic nitrogens is 1. The predicted molar refractivity (Wildman–Crippen MR) is 304 cm³/mol. The lowest BCUT2D eigenvalue weighted by atomic mass is 9.74. The highest BCUT2D eigenvalue weighted by molar-refractivity contribution is 6.14. The maximum atomic E-state index is 2.58. The Bertz CT molecular complexity index is 3730. The van der Waals surface area contributed by atoms with Crippen LogP contribution < -0.4 is 9.80 Å². The van der Waals surface area contributed by atoms with Gasteiger partial charge in [-0.1, -0.05) is 208 Å². The molecule has 1 aromatic heterocycles. The molecule has 0 radical (unpaired) electrons. The first-order valence-electron chi connectivity index (χ1n) is 25.2. The summed E-state index contributed by atoms with van der Waals surface area (Å²) in [6.07, 6.45) is 8.02. The molecular weight excluding hydrogens is 871 g/mol. The molecule has 0 bridgehead atoms. The van der Waals surface area contributed by atoms with E-state index >= 15 is 0 Å². The number of nitrogens with zero attached hydrogens (tertiary/aromatic N) is 3. The second kappa shape index (κ2) is 17.8. The van der Waals surface area contributed by atoms with Crippen molar-refractivity contribution in [3.63, 3.8) is 0 Å². The van der Waals surface area contributed by atoms with Gasteiger partial charge in [-0.05, 0) is 135 Å². The van der Waals surface area contributed by atoms with Crippen LogP contribution >= 0.6 is 0 Å². The first kappa shape index (κ1) is 43.1. The van der Waals surface area contributed by atoms with Crippen molar-refractivity contribution in [2.24, 2.45) is 0 Å². The van der Waals surface area contributed by atoms with E-state index in [9.17, 15) is 0 Å². The smallest absolute Gasteiger partial charge is 0.0583 e. The first-order valence-corrected chi connectivity index (χ1v) is 25.2. The Morgan fingerprint density at radius 3 is 1.39 bits per heavy atom. The Morgan fingerprint density at radius 2 is 0.861 bits per heavy atom. The van der Waals surface area contributed by atoms with Crippen LogP contribution in [0.4, 0.5) is 28.4 Å². The largest absolute Gasteiger partial charge is 0.334 e. The fourth-order valence-electron chi connectivity index (χ4n) is 11.4. The van der Waals surface area contributed by atoms with Gasteiger partial charge >= 0.3 is 0 Å². The van der Waals surface area contributed by atoms with E-state index in [0.29, 0.717) is 0 Å². The van der Waals surface area contributed by atoms with Crippen LogP contribution in [0.15, 0.2) is 267 Å². The summed E-state index contributed by atoms with van der Waals surface area (Å²) >= 11 is 0. The van der Waals surface area contributed by atoms with Crippen LogP contribution in [0, 0.1) is 0 Å². The summed E-state index contributed by atoms with van der Waals surface area (Å²) in [6, 6.07) is 91.2. The van der Waals surface area contributed by atoms with Gasteiger partial charge in [0.05, 0.1) is 22.8 Å². The van der Waals surface area contributed by atoms with E-state index in [-0.39, 0.29) is 11.5 Å². The van der Waals surface area contributed by atoms with Crippen molar-refractivity contribution in [2.45, 2.75) is 31.7 Å². The Kier molecular flexibility index (Phi) is 10.7. The molecule has 3 nitrogen and oxygen atoms in total. The van der Waals surface area contributed by atoms with Crippen molar-refractivity contribution in [1.82, 2.24) is 4.57 Å². The predicted octanol–water partition coefficient (Wildman–Crippen LogP) is 18.4. The first-order chi connectivity index (χ1) is 35.5. The zero-order valence-electron chi connectivity index (χ0n) is 40.5. The Balaban J connectivity index is 1.01. The molecule has 72 heavy (non-hydrogen) atoms. The number of hydrogen-bond acceptors (Lipinski definition) is 2. The third-order valence-corrected chi connectivity index (χ3v) is 15.1. The Hall–Kier alpha value is -8.92. The van der Waals surface area contributed by atoms with Crippen molar-refractivity contribution >= 4 is 55.8 Å². The van der Waals surface area contributed by atoms with Gasteiger partial charge in [0.15, 0.2) is 0 Å². The van der Waals surface area contributed by atoms with E-state index in [2.05, 4.69) is 295 Å². The molecule has 0 saturated heterocycles. The summed E-state index contributed by atoms with van der Waals surface area (Å²) in [5, 5.41) is 2.46. The van der Waals surface area contributed by atoms with Crippen LogP contribution in [0.3, 0.4) is 0 Å². The van der Waals surface area contributed by atoms with E-state index in [0.717, 1.165) is 29.2 Å². The van der Waals surface area contributed by atoms with Gasteiger partial charge < -0.3 is 14.4 Å². The van der Waals surface area contributed by atoms with E-state index in [4.69, 9.17) is 0 Å². The lowest BCUT2D eigenvalue weighted by Gasteiger charge is -2.37. The maximum Gasteiger partial charge on any atom is 0.0583 e. The SMILES string of the molecule is CC1(C)c2ccccc2-n2c3ccc(N(c4ccc(-c5ccccc5)cc4)c4ccc(-c5ccccc5)cc4)cc3c3cc(N(c4ccc(-c5ccccc5)cc4)C4C=CC(c5ccccc5)=CC4)cc1c32. The molecular formula is C69H53N3. The maximum absolute atomic E-state index is 2.58. The minimum Gasteiger partial charge on any atom is -0.334 e. The molecule has 11 aromatic rings. The van der Waals surface area contributed by atoms with Gasteiger partial charge in [-0.25, -0.2) is 0 Å². The van der Waals surface area contributed by atoms with Crippen molar-refractivity contribution < 1.29 is 0 Å². The number of para-hydroxylation sites is 1. The van der Waals surface area contributed by atoms with Gasteiger partial charge in [-0.15, -0.1) is 0 Å². The highest BCUT2D eigenvalue weighted by atomic mass is 15.2. The molecule has 1 atom stereocenters. The fourth-order valence-corrected chi connectivity index (χ4v) is 11.4. The summed E-state index contributed by atoms with van der Waals surface area (Å²) in [7, 11) is 0. The highest BCUT2D eigenvalue weighted by Gasteiger charge is 2.37. The van der Waals surface area contributed by atoms with Crippen LogP contribution in [-0.4, -0.2) is 10.6 Å². The van der Waals surface area contributed by atoms with E-state index in [1.165, 1.54) is 88.8 Å². The molecule has 0 saturated carbocycles. The molecule has 344 valence electrons. The van der Waals surface area contributed by atoms with Gasteiger partial charge in [0, 0.05) is 44.6 Å². The van der Waals surface area contributed by atoms with Gasteiger partial charge in [0.2, 0.25) is 0 Å². The van der Waals surface area contributed by atoms with Crippen molar-refractivity contribution in [3.05, 3.63) is 284 Å². The number of fused-ring (bicyclic) bond motifs is 5. The molecule has 1 aliphatic carbocycles. The second-order valence-electron chi connectivity index (χ2n) is 19.7. The third kappa shape index (κ3) is 7.53. The molecule has 3 heteroatoms. The highest BCUT2D eigenvalue weighted by Crippen LogP contribution is 2.51. The summed E-state index contributed by atoms with van der Waals surface area (Å²) < 4.78 is 2.54. The van der Waals surface area contributed by atoms with Gasteiger partial charge in [0.1, 0.15) is 0 Å². The zero-order chi connectivity index (χ0) is 48.2. The molecule has 1 aliphatic heterocycles. The number of rotatable bonds is 10. The van der Waals surface area contributed by atoms with Crippen molar-refractivity contribution in [2.75, 3.05) is 9.80 Å². The monoisotopic (exact) mass is 923 g/mol. The topological polar surface area (TPSA) is 11.4 Å². The molecule has 13 rings (SSSR count). The molecule has 10 aromatic carbocycles. The summed E-state index contributed by atoms with van der Waals surface area (Å²) in [4.78, 5) is 5.00. The Labute approximate surface area is 422 Å². The van der Waals surface area contributed by atoms with Crippen LogP contribution in [0.2, 0.25) is 0 Å². The average Bonchev–Trinajstić information content (AvgIpc) is 3.78. The van der Waals surface area contributed by atoms with E-state index in [1.807, 2.05) is 0 Å². The number of benzene rings is 10. The normalized spacial score (nSPS) is 14.5. The molecule has 2 heterocycles. The molecule has 0 fully saturated rings. The van der Waals surface area contributed by atoms with Gasteiger partial charge in [-0.2, -0.15) is 0 Å². The fraction of sp³-hybridized carbons (Fsp3) is 0.0725. The van der Waals surface area contributed by atoms with Gasteiger partial charge in [0.25, 0.3) is 0 Å². The summed E-state index contributed by atoms with van der Waals surface area (Å²) in [6.45, 7) is 4.82. The van der Waals surface area contributed by atoms with Crippen LogP contribution in [0.25, 0.3) is 66.4 Å². The number of anilines is 5. The molecule has 0 N–H and O–H groups in total. The molecule has 0 spiro atoms. The summed E-state index contributed by atoms with van der Waals surface area (Å²) in [5.74, 6) is 0. The minimum atomic E-state index is -0.281. The lowest BCUT2D eigenvalue weighted by Crippen LogP contribution is -2.31. The summed E-state index contributed by atoms with van der Waals surface area (Å²) in [5.41, 5.74) is 21.4. The zero-order valence-corrected chi connectivity index (χ0v) is 40.5. The molecule has 2 aliphatic rings. The van der Waals surface area contributed by atoms with E-state index < -0.39 is 0 Å². The van der Waals surface area contributed by atoms with E-state index in [1.54, 1.807) is 0 Å². The van der Waals surface area contributed by atoms with Crippen LogP contribution in [0.5, 0.6) is 0 Å². The van der Waals surface area contributed by atoms with Crippen LogP contribution in [-0.2, 0) is 5.41 Å². The minimum absolute atomic E-state index is 0.0841. The van der Waals surface area contributed by atoms with Crippen molar-refractivity contribution in [1.29, 1.82) is 0 Å². The van der Waals surface area contributed by atoms with Gasteiger partial charge in [-0.3, -0.25) is 0 Å².